The molecule has 0 unspecified atom stereocenters. The second-order valence-electron chi connectivity index (χ2n) is 8.87. The maximum absolute atomic E-state index is 13.3. The predicted molar refractivity (Wildman–Crippen MR) is 116 cm³/mol. The van der Waals surface area contributed by atoms with Crippen LogP contribution in [-0.2, 0) is 11.3 Å². The molecule has 174 valence electrons. The maximum Gasteiger partial charge on any atom is 0.253 e. The maximum atomic E-state index is 13.3. The third-order valence-corrected chi connectivity index (χ3v) is 6.73. The van der Waals surface area contributed by atoms with Gasteiger partial charge in [-0.2, -0.15) is 0 Å². The lowest BCUT2D eigenvalue weighted by Gasteiger charge is -2.35. The Balaban J connectivity index is 1.44. The molecule has 2 saturated heterocycles. The van der Waals surface area contributed by atoms with Gasteiger partial charge in [0, 0.05) is 36.7 Å². The van der Waals surface area contributed by atoms with Crippen LogP contribution in [0.3, 0.4) is 0 Å². The minimum Gasteiger partial charge on any atom is -0.454 e. The molecule has 0 bridgehead atoms. The predicted octanol–water partition coefficient (Wildman–Crippen LogP) is 0.968. The van der Waals surface area contributed by atoms with Crippen LogP contribution in [0, 0.1) is 0 Å². The number of hydrogen-bond acceptors (Lipinski definition) is 9. The van der Waals surface area contributed by atoms with Crippen LogP contribution in [0.15, 0.2) is 23.0 Å². The van der Waals surface area contributed by atoms with Crippen molar-refractivity contribution < 1.29 is 19.3 Å². The van der Waals surface area contributed by atoms with Crippen LogP contribution in [0.5, 0.6) is 11.5 Å². The summed E-state index contributed by atoms with van der Waals surface area (Å²) in [7, 11) is 0. The lowest BCUT2D eigenvalue weighted by molar-refractivity contribution is 0.0632. The standard InChI is InChI=1S/C22H26N6O5/c29-14-3-5-27(6-4-14)20(21-24-25-26-28(21)11-15-2-1-7-31-15)16-8-13-9-18-19(33-12-32-18)10-17(13)23-22(16)30/h8-10,14-15,20,29H,1-7,11-12H2,(H,23,30)/t15-,20+/m1/s1. The fourth-order valence-corrected chi connectivity index (χ4v) is 4.98. The zero-order valence-electron chi connectivity index (χ0n) is 18.1. The number of aliphatic hydroxyl groups is 1. The molecule has 3 aliphatic rings. The minimum atomic E-state index is -0.451. The number of rotatable bonds is 5. The Morgan fingerprint density at radius 2 is 1.97 bits per heavy atom. The van der Waals surface area contributed by atoms with E-state index in [-0.39, 0.29) is 24.6 Å². The highest BCUT2D eigenvalue weighted by Crippen LogP contribution is 2.36. The van der Waals surface area contributed by atoms with E-state index in [1.165, 1.54) is 0 Å². The molecule has 2 fully saturated rings. The molecule has 2 atom stereocenters. The first-order chi connectivity index (χ1) is 16.2. The molecule has 33 heavy (non-hydrogen) atoms. The van der Waals surface area contributed by atoms with Crippen LogP contribution in [0.2, 0.25) is 0 Å². The van der Waals surface area contributed by atoms with Crippen molar-refractivity contribution in [2.24, 2.45) is 0 Å². The quantitative estimate of drug-likeness (QED) is 0.579. The van der Waals surface area contributed by atoms with Crippen molar-refractivity contribution >= 4 is 10.9 Å². The Kier molecular flexibility index (Phi) is 5.24. The van der Waals surface area contributed by atoms with Crippen molar-refractivity contribution in [3.63, 3.8) is 0 Å². The van der Waals surface area contributed by atoms with Crippen LogP contribution >= 0.6 is 0 Å². The SMILES string of the molecule is O=c1[nH]c2cc3c(cc2cc1[C@@H](c1nnnn1C[C@H]1CCCO1)N1CCC(O)CC1)OCO3. The highest BCUT2D eigenvalue weighted by atomic mass is 16.7. The van der Waals surface area contributed by atoms with Gasteiger partial charge in [-0.3, -0.25) is 9.69 Å². The molecule has 0 amide bonds. The third-order valence-electron chi connectivity index (χ3n) is 6.73. The minimum absolute atomic E-state index is 0.0608. The molecule has 3 aromatic rings. The number of ether oxygens (including phenoxy) is 3. The second-order valence-corrected chi connectivity index (χ2v) is 8.87. The molecule has 0 saturated carbocycles. The lowest BCUT2D eigenvalue weighted by Crippen LogP contribution is -2.42. The van der Waals surface area contributed by atoms with Gasteiger partial charge in [0.1, 0.15) is 6.04 Å². The average molecular weight is 454 g/mol. The first-order valence-corrected chi connectivity index (χ1v) is 11.4. The number of likely N-dealkylation sites (tertiary alicyclic amines) is 1. The van der Waals surface area contributed by atoms with Crippen molar-refractivity contribution in [2.75, 3.05) is 26.5 Å². The summed E-state index contributed by atoms with van der Waals surface area (Å²) in [4.78, 5) is 18.5. The molecule has 0 aliphatic carbocycles. The topological polar surface area (TPSA) is 128 Å². The van der Waals surface area contributed by atoms with Crippen molar-refractivity contribution in [3.8, 4) is 11.5 Å². The molecule has 6 rings (SSSR count). The van der Waals surface area contributed by atoms with Gasteiger partial charge < -0.3 is 24.3 Å². The number of pyridine rings is 1. The highest BCUT2D eigenvalue weighted by molar-refractivity contribution is 5.83. The van der Waals surface area contributed by atoms with Gasteiger partial charge in [-0.15, -0.1) is 5.10 Å². The molecule has 11 nitrogen and oxygen atoms in total. The van der Waals surface area contributed by atoms with Gasteiger partial charge in [-0.05, 0) is 48.2 Å². The van der Waals surface area contributed by atoms with E-state index in [0.29, 0.717) is 60.9 Å². The molecule has 2 N–H and O–H groups in total. The van der Waals surface area contributed by atoms with Crippen molar-refractivity contribution in [1.29, 1.82) is 0 Å². The molecule has 5 heterocycles. The van der Waals surface area contributed by atoms with Gasteiger partial charge in [-0.1, -0.05) is 0 Å². The summed E-state index contributed by atoms with van der Waals surface area (Å²) in [6.45, 7) is 2.73. The van der Waals surface area contributed by atoms with Crippen LogP contribution in [0.25, 0.3) is 10.9 Å². The van der Waals surface area contributed by atoms with Crippen LogP contribution in [-0.4, -0.2) is 73.9 Å². The number of nitrogens with zero attached hydrogens (tertiary/aromatic N) is 5. The number of piperidine rings is 1. The van der Waals surface area contributed by atoms with Gasteiger partial charge in [-0.25, -0.2) is 4.68 Å². The number of aromatic amines is 1. The number of H-pyrrole nitrogens is 1. The zero-order chi connectivity index (χ0) is 22.4. The summed E-state index contributed by atoms with van der Waals surface area (Å²) >= 11 is 0. The van der Waals surface area contributed by atoms with E-state index in [9.17, 15) is 9.90 Å². The summed E-state index contributed by atoms with van der Waals surface area (Å²) in [6.07, 6.45) is 2.98. The van der Waals surface area contributed by atoms with Gasteiger partial charge in [0.2, 0.25) is 6.79 Å². The molecule has 3 aliphatic heterocycles. The van der Waals surface area contributed by atoms with E-state index in [2.05, 4.69) is 25.4 Å². The molecular weight excluding hydrogens is 428 g/mol. The molecule has 0 radical (unpaired) electrons. The summed E-state index contributed by atoms with van der Waals surface area (Å²) in [6, 6.07) is 5.10. The summed E-state index contributed by atoms with van der Waals surface area (Å²) in [5.41, 5.74) is 1.03. The second kappa shape index (κ2) is 8.40. The Hall–Kier alpha value is -3.02. The van der Waals surface area contributed by atoms with E-state index >= 15 is 0 Å². The number of aliphatic hydroxyl groups excluding tert-OH is 1. The average Bonchev–Trinajstić information content (AvgIpc) is 3.57. The number of fused-ring (bicyclic) bond motifs is 2. The fourth-order valence-electron chi connectivity index (χ4n) is 4.98. The van der Waals surface area contributed by atoms with Gasteiger partial charge in [0.05, 0.1) is 24.3 Å². The number of benzene rings is 1. The number of tetrazole rings is 1. The highest BCUT2D eigenvalue weighted by Gasteiger charge is 2.33. The van der Waals surface area contributed by atoms with Gasteiger partial charge in [0.25, 0.3) is 5.56 Å². The zero-order valence-corrected chi connectivity index (χ0v) is 18.1. The van der Waals surface area contributed by atoms with Gasteiger partial charge >= 0.3 is 0 Å². The third kappa shape index (κ3) is 3.85. The van der Waals surface area contributed by atoms with E-state index in [1.807, 2.05) is 12.1 Å². The first kappa shape index (κ1) is 20.6. The van der Waals surface area contributed by atoms with E-state index < -0.39 is 6.04 Å². The van der Waals surface area contributed by atoms with Gasteiger partial charge in [0.15, 0.2) is 17.3 Å². The van der Waals surface area contributed by atoms with E-state index in [4.69, 9.17) is 14.2 Å². The lowest BCUT2D eigenvalue weighted by atomic mass is 9.99. The Labute approximate surface area is 189 Å². The van der Waals surface area contributed by atoms with Crippen LogP contribution in [0.4, 0.5) is 0 Å². The van der Waals surface area contributed by atoms with E-state index in [1.54, 1.807) is 10.7 Å². The number of nitrogens with one attached hydrogen (secondary N) is 1. The van der Waals surface area contributed by atoms with Crippen LogP contribution < -0.4 is 15.0 Å². The Bertz CT molecular complexity index is 1210. The summed E-state index contributed by atoms with van der Waals surface area (Å²) in [5.74, 6) is 1.88. The normalized spacial score (nSPS) is 22.3. The number of aromatic nitrogens is 5. The first-order valence-electron chi connectivity index (χ1n) is 11.4. The molecule has 11 heteroatoms. The van der Waals surface area contributed by atoms with E-state index in [0.717, 1.165) is 24.8 Å². The largest absolute Gasteiger partial charge is 0.454 e. The Morgan fingerprint density at radius 3 is 2.76 bits per heavy atom. The van der Waals surface area contributed by atoms with Crippen molar-refractivity contribution in [3.05, 3.63) is 39.9 Å². The van der Waals surface area contributed by atoms with Crippen molar-refractivity contribution in [1.82, 2.24) is 30.1 Å². The Morgan fingerprint density at radius 1 is 1.15 bits per heavy atom. The molecule has 2 aromatic heterocycles. The number of hydrogen-bond donors (Lipinski definition) is 2. The monoisotopic (exact) mass is 454 g/mol. The fraction of sp³-hybridized carbons (Fsp3) is 0.545. The molecule has 0 spiro atoms. The summed E-state index contributed by atoms with van der Waals surface area (Å²) in [5, 5.41) is 23.4. The molecular formula is C22H26N6O5. The van der Waals surface area contributed by atoms with Crippen molar-refractivity contribution in [2.45, 2.75) is 50.5 Å². The summed E-state index contributed by atoms with van der Waals surface area (Å²) < 4.78 is 18.5. The molecule has 1 aromatic carbocycles. The smallest absolute Gasteiger partial charge is 0.253 e. The van der Waals surface area contributed by atoms with Crippen LogP contribution in [0.1, 0.15) is 43.1 Å².